The maximum Gasteiger partial charge on any atom is 0.137 e. The molecule has 0 saturated carbocycles. The average Bonchev–Trinajstić information content (AvgIpc) is 2.19. The maximum absolute atomic E-state index is 5.00. The fraction of sp³-hybridized carbons (Fsp3) is 0.300. The highest BCUT2D eigenvalue weighted by Crippen LogP contribution is 2.08. The van der Waals surface area contributed by atoms with Crippen LogP contribution in [0.1, 0.15) is 12.1 Å². The highest BCUT2D eigenvalue weighted by Gasteiger charge is 1.90. The lowest BCUT2D eigenvalue weighted by molar-refractivity contribution is 0.413. The molecule has 0 unspecified atom stereocenters. The molecule has 0 aliphatic carbocycles. The number of allylic oxidation sites excluding steroid dienone is 1. The number of nitrogens with zero attached hydrogens (tertiary/aromatic N) is 1. The summed E-state index contributed by atoms with van der Waals surface area (Å²) in [7, 11) is 1.63. The fourth-order valence-electron chi connectivity index (χ4n) is 0.890. The topological polar surface area (TPSA) is 22.1 Å². The number of rotatable bonds is 4. The smallest absolute Gasteiger partial charge is 0.137 e. The summed E-state index contributed by atoms with van der Waals surface area (Å²) in [6.45, 7) is 0. The van der Waals surface area contributed by atoms with Crippen LogP contribution in [0.2, 0.25) is 0 Å². The number of ether oxygens (including phenoxy) is 1. The lowest BCUT2D eigenvalue weighted by atomic mass is 10.3. The first-order valence-corrected chi connectivity index (χ1v) is 4.77. The number of methoxy groups -OCH3 is 1. The third kappa shape index (κ3) is 3.51. The van der Waals surface area contributed by atoms with Crippen molar-refractivity contribution in [2.45, 2.75) is 6.42 Å². The van der Waals surface area contributed by atoms with E-state index < -0.39 is 0 Å². The number of aromatic nitrogens is 1. The average molecular weight is 195 g/mol. The molecule has 0 fully saturated rings. The molecular formula is C10H13NOS. The number of pyridine rings is 1. The fourth-order valence-corrected chi connectivity index (χ4v) is 1.04. The molecular weight excluding hydrogens is 182 g/mol. The quantitative estimate of drug-likeness (QED) is 0.745. The van der Waals surface area contributed by atoms with Gasteiger partial charge in [-0.25, -0.2) is 0 Å². The molecule has 13 heavy (non-hydrogen) atoms. The summed E-state index contributed by atoms with van der Waals surface area (Å²) in [6.07, 6.45) is 6.72. The van der Waals surface area contributed by atoms with E-state index in [2.05, 4.69) is 23.7 Å². The van der Waals surface area contributed by atoms with Crippen molar-refractivity contribution in [1.29, 1.82) is 0 Å². The predicted octanol–water partition coefficient (Wildman–Crippen LogP) is 2.42. The Morgan fingerprint density at radius 1 is 1.54 bits per heavy atom. The van der Waals surface area contributed by atoms with Crippen molar-refractivity contribution in [1.82, 2.24) is 4.98 Å². The van der Waals surface area contributed by atoms with E-state index >= 15 is 0 Å². The van der Waals surface area contributed by atoms with Gasteiger partial charge in [-0.3, -0.25) is 4.98 Å². The molecule has 0 atom stereocenters. The monoisotopic (exact) mass is 195 g/mol. The van der Waals surface area contributed by atoms with Crippen LogP contribution < -0.4 is 4.74 Å². The molecule has 0 amide bonds. The summed E-state index contributed by atoms with van der Waals surface area (Å²) in [4.78, 5) is 4.18. The van der Waals surface area contributed by atoms with E-state index in [4.69, 9.17) is 4.74 Å². The summed E-state index contributed by atoms with van der Waals surface area (Å²) in [5.74, 6) is 1.65. The van der Waals surface area contributed by atoms with E-state index in [0.717, 1.165) is 23.6 Å². The molecule has 1 rings (SSSR count). The Hall–Kier alpha value is -0.960. The van der Waals surface area contributed by atoms with Gasteiger partial charge in [0, 0.05) is 0 Å². The van der Waals surface area contributed by atoms with E-state index in [-0.39, 0.29) is 0 Å². The van der Waals surface area contributed by atoms with Crippen LogP contribution in [0, 0.1) is 0 Å². The third-order valence-corrected chi connectivity index (χ3v) is 1.84. The SMILES string of the molecule is COc1ccc(C=CCCS)nc1. The van der Waals surface area contributed by atoms with Gasteiger partial charge in [-0.05, 0) is 30.4 Å². The van der Waals surface area contributed by atoms with Gasteiger partial charge in [0.2, 0.25) is 0 Å². The second-order valence-corrected chi connectivity index (χ2v) is 2.98. The molecule has 0 spiro atoms. The highest BCUT2D eigenvalue weighted by molar-refractivity contribution is 7.80. The zero-order chi connectivity index (χ0) is 9.52. The molecule has 2 nitrogen and oxygen atoms in total. The molecule has 1 aromatic rings. The van der Waals surface area contributed by atoms with Crippen molar-refractivity contribution in [3.05, 3.63) is 30.1 Å². The van der Waals surface area contributed by atoms with Gasteiger partial charge in [0.1, 0.15) is 5.75 Å². The number of thiol groups is 1. The van der Waals surface area contributed by atoms with Gasteiger partial charge in [-0.15, -0.1) is 0 Å². The first-order valence-electron chi connectivity index (χ1n) is 4.14. The minimum absolute atomic E-state index is 0.784. The summed E-state index contributed by atoms with van der Waals surface area (Å²) in [6, 6.07) is 3.82. The van der Waals surface area contributed by atoms with Crippen LogP contribution in [-0.2, 0) is 0 Å². The van der Waals surface area contributed by atoms with Crippen LogP contribution in [0.25, 0.3) is 6.08 Å². The van der Waals surface area contributed by atoms with Crippen molar-refractivity contribution >= 4 is 18.7 Å². The molecule has 1 aromatic heterocycles. The molecule has 1 heterocycles. The molecule has 0 bridgehead atoms. The Labute approximate surface area is 84.1 Å². The molecule has 0 aromatic carbocycles. The zero-order valence-electron chi connectivity index (χ0n) is 7.60. The molecule has 70 valence electrons. The first-order chi connectivity index (χ1) is 6.36. The number of hydrogen-bond donors (Lipinski definition) is 1. The molecule has 0 saturated heterocycles. The Morgan fingerprint density at radius 2 is 2.38 bits per heavy atom. The summed E-state index contributed by atoms with van der Waals surface area (Å²) in [5, 5.41) is 0. The van der Waals surface area contributed by atoms with Gasteiger partial charge in [-0.2, -0.15) is 12.6 Å². The van der Waals surface area contributed by atoms with E-state index in [1.165, 1.54) is 0 Å². The van der Waals surface area contributed by atoms with E-state index in [1.54, 1.807) is 13.3 Å². The molecule has 0 radical (unpaired) electrons. The Kier molecular flexibility index (Phi) is 4.40. The molecule has 0 aliphatic heterocycles. The largest absolute Gasteiger partial charge is 0.495 e. The third-order valence-electron chi connectivity index (χ3n) is 1.58. The van der Waals surface area contributed by atoms with Crippen LogP contribution in [0.3, 0.4) is 0 Å². The Balaban J connectivity index is 2.58. The predicted molar refractivity (Wildman–Crippen MR) is 58.3 cm³/mol. The standard InChI is InChI=1S/C10H13NOS/c1-12-10-6-5-9(11-8-10)4-2-3-7-13/h2,4-6,8,13H,3,7H2,1H3. The van der Waals surface area contributed by atoms with E-state index in [1.807, 2.05) is 18.2 Å². The van der Waals surface area contributed by atoms with Crippen LogP contribution >= 0.6 is 12.6 Å². The van der Waals surface area contributed by atoms with Crippen molar-refractivity contribution in [2.24, 2.45) is 0 Å². The van der Waals surface area contributed by atoms with Crippen molar-refractivity contribution in [3.8, 4) is 5.75 Å². The van der Waals surface area contributed by atoms with Gasteiger partial charge in [0.25, 0.3) is 0 Å². The second kappa shape index (κ2) is 5.65. The molecule has 0 N–H and O–H groups in total. The first kappa shape index (κ1) is 10.1. The maximum atomic E-state index is 5.00. The van der Waals surface area contributed by atoms with Crippen LogP contribution in [0.5, 0.6) is 5.75 Å². The van der Waals surface area contributed by atoms with Crippen LogP contribution in [0.15, 0.2) is 24.4 Å². The number of hydrogen-bond acceptors (Lipinski definition) is 3. The van der Waals surface area contributed by atoms with Crippen molar-refractivity contribution in [3.63, 3.8) is 0 Å². The van der Waals surface area contributed by atoms with E-state index in [9.17, 15) is 0 Å². The second-order valence-electron chi connectivity index (χ2n) is 2.54. The highest BCUT2D eigenvalue weighted by atomic mass is 32.1. The van der Waals surface area contributed by atoms with Gasteiger partial charge in [0.15, 0.2) is 0 Å². The molecule has 3 heteroatoms. The summed E-state index contributed by atoms with van der Waals surface area (Å²) in [5.41, 5.74) is 0.947. The van der Waals surface area contributed by atoms with Gasteiger partial charge in [0.05, 0.1) is 19.0 Å². The van der Waals surface area contributed by atoms with Crippen LogP contribution in [0.4, 0.5) is 0 Å². The van der Waals surface area contributed by atoms with Gasteiger partial charge >= 0.3 is 0 Å². The minimum Gasteiger partial charge on any atom is -0.495 e. The lowest BCUT2D eigenvalue weighted by Crippen LogP contribution is -1.85. The van der Waals surface area contributed by atoms with Crippen molar-refractivity contribution in [2.75, 3.05) is 12.9 Å². The van der Waals surface area contributed by atoms with E-state index in [0.29, 0.717) is 0 Å². The van der Waals surface area contributed by atoms with Gasteiger partial charge in [-0.1, -0.05) is 6.08 Å². The normalized spacial score (nSPS) is 10.6. The molecule has 0 aliphatic rings. The lowest BCUT2D eigenvalue weighted by Gasteiger charge is -1.97. The van der Waals surface area contributed by atoms with Crippen LogP contribution in [-0.4, -0.2) is 17.8 Å². The summed E-state index contributed by atoms with van der Waals surface area (Å²) >= 11 is 4.11. The van der Waals surface area contributed by atoms with Crippen molar-refractivity contribution < 1.29 is 4.74 Å². The van der Waals surface area contributed by atoms with Gasteiger partial charge < -0.3 is 4.74 Å². The minimum atomic E-state index is 0.784. The Morgan fingerprint density at radius 3 is 2.92 bits per heavy atom. The summed E-state index contributed by atoms with van der Waals surface area (Å²) < 4.78 is 5.00. The zero-order valence-corrected chi connectivity index (χ0v) is 8.50. The Bertz CT molecular complexity index is 269.